The molecule has 2 aromatic rings. The lowest BCUT2D eigenvalue weighted by atomic mass is 10.1. The standard InChI is InChI=1S/C16H19N3O/c1-2-3-4-12-5-7-15(8-6-12)19-16(20)13-9-14(17)11-18-10-13/h5-11H,2-4,17H2,1H3,(H,19,20). The Hall–Kier alpha value is -2.36. The maximum absolute atomic E-state index is 12.0. The number of carbonyl (C=O) groups is 1. The van der Waals surface area contributed by atoms with E-state index < -0.39 is 0 Å². The number of pyridine rings is 1. The van der Waals surface area contributed by atoms with Crippen molar-refractivity contribution in [3.8, 4) is 0 Å². The van der Waals surface area contributed by atoms with Crippen LogP contribution in [-0.4, -0.2) is 10.9 Å². The Bertz CT molecular complexity index is 579. The molecule has 4 heteroatoms. The van der Waals surface area contributed by atoms with Gasteiger partial charge in [-0.15, -0.1) is 0 Å². The van der Waals surface area contributed by atoms with E-state index in [0.29, 0.717) is 11.3 Å². The smallest absolute Gasteiger partial charge is 0.257 e. The van der Waals surface area contributed by atoms with E-state index in [2.05, 4.69) is 17.2 Å². The highest BCUT2D eigenvalue weighted by Gasteiger charge is 2.06. The molecule has 0 aliphatic heterocycles. The molecule has 2 rings (SSSR count). The third-order valence-electron chi connectivity index (χ3n) is 3.05. The molecule has 0 saturated heterocycles. The predicted molar refractivity (Wildman–Crippen MR) is 81.7 cm³/mol. The molecule has 0 bridgehead atoms. The normalized spacial score (nSPS) is 10.2. The van der Waals surface area contributed by atoms with Gasteiger partial charge in [0.2, 0.25) is 0 Å². The van der Waals surface area contributed by atoms with Crippen LogP contribution in [0.3, 0.4) is 0 Å². The average molecular weight is 269 g/mol. The highest BCUT2D eigenvalue weighted by molar-refractivity contribution is 6.04. The Labute approximate surface area is 119 Å². The summed E-state index contributed by atoms with van der Waals surface area (Å²) in [4.78, 5) is 15.9. The zero-order valence-electron chi connectivity index (χ0n) is 11.6. The number of amides is 1. The van der Waals surface area contributed by atoms with Gasteiger partial charge in [0.15, 0.2) is 0 Å². The first-order valence-electron chi connectivity index (χ1n) is 6.80. The zero-order chi connectivity index (χ0) is 14.4. The number of rotatable bonds is 5. The van der Waals surface area contributed by atoms with Gasteiger partial charge in [0.1, 0.15) is 0 Å². The van der Waals surface area contributed by atoms with E-state index in [9.17, 15) is 4.79 Å². The van der Waals surface area contributed by atoms with Crippen LogP contribution >= 0.6 is 0 Å². The van der Waals surface area contributed by atoms with E-state index in [0.717, 1.165) is 12.1 Å². The molecule has 0 aliphatic carbocycles. The van der Waals surface area contributed by atoms with Crippen LogP contribution < -0.4 is 11.1 Å². The van der Waals surface area contributed by atoms with Crippen molar-refractivity contribution in [3.63, 3.8) is 0 Å². The number of aryl methyl sites for hydroxylation is 1. The van der Waals surface area contributed by atoms with Crippen molar-refractivity contribution in [2.45, 2.75) is 26.2 Å². The molecule has 20 heavy (non-hydrogen) atoms. The molecule has 1 heterocycles. The summed E-state index contributed by atoms with van der Waals surface area (Å²) in [5.41, 5.74) is 8.61. The van der Waals surface area contributed by atoms with E-state index >= 15 is 0 Å². The second-order valence-corrected chi connectivity index (χ2v) is 4.76. The van der Waals surface area contributed by atoms with Crippen molar-refractivity contribution in [2.75, 3.05) is 11.1 Å². The summed E-state index contributed by atoms with van der Waals surface area (Å²) in [5, 5.41) is 2.83. The third-order valence-corrected chi connectivity index (χ3v) is 3.05. The van der Waals surface area contributed by atoms with Crippen LogP contribution in [0.15, 0.2) is 42.7 Å². The van der Waals surface area contributed by atoms with Crippen LogP contribution in [0.4, 0.5) is 11.4 Å². The number of anilines is 2. The Morgan fingerprint density at radius 3 is 2.65 bits per heavy atom. The van der Waals surface area contributed by atoms with Crippen molar-refractivity contribution < 1.29 is 4.79 Å². The molecule has 0 atom stereocenters. The summed E-state index contributed by atoms with van der Waals surface area (Å²) in [7, 11) is 0. The van der Waals surface area contributed by atoms with Crippen molar-refractivity contribution in [1.82, 2.24) is 4.98 Å². The molecule has 104 valence electrons. The van der Waals surface area contributed by atoms with E-state index in [1.165, 1.54) is 30.8 Å². The fourth-order valence-electron chi connectivity index (χ4n) is 1.92. The molecular formula is C16H19N3O. The minimum absolute atomic E-state index is 0.203. The van der Waals surface area contributed by atoms with Crippen molar-refractivity contribution in [3.05, 3.63) is 53.9 Å². The van der Waals surface area contributed by atoms with Gasteiger partial charge < -0.3 is 11.1 Å². The van der Waals surface area contributed by atoms with Crippen LogP contribution in [0, 0.1) is 0 Å². The Balaban J connectivity index is 2.01. The van der Waals surface area contributed by atoms with Crippen LogP contribution in [0.25, 0.3) is 0 Å². The van der Waals surface area contributed by atoms with Crippen LogP contribution in [0.2, 0.25) is 0 Å². The van der Waals surface area contributed by atoms with E-state index in [-0.39, 0.29) is 5.91 Å². The van der Waals surface area contributed by atoms with Crippen LogP contribution in [0.1, 0.15) is 35.7 Å². The van der Waals surface area contributed by atoms with Gasteiger partial charge in [-0.3, -0.25) is 9.78 Å². The van der Waals surface area contributed by atoms with Gasteiger partial charge in [-0.1, -0.05) is 25.5 Å². The number of aromatic nitrogens is 1. The average Bonchev–Trinajstić information content (AvgIpc) is 2.46. The predicted octanol–water partition coefficient (Wildman–Crippen LogP) is 3.26. The zero-order valence-corrected chi connectivity index (χ0v) is 11.6. The molecule has 3 N–H and O–H groups in total. The second kappa shape index (κ2) is 6.70. The minimum atomic E-state index is -0.203. The fraction of sp³-hybridized carbons (Fsp3) is 0.250. The molecule has 1 aromatic carbocycles. The lowest BCUT2D eigenvalue weighted by Crippen LogP contribution is -2.12. The number of nitrogens with zero attached hydrogens (tertiary/aromatic N) is 1. The fourth-order valence-corrected chi connectivity index (χ4v) is 1.92. The Morgan fingerprint density at radius 2 is 2.00 bits per heavy atom. The molecule has 4 nitrogen and oxygen atoms in total. The monoisotopic (exact) mass is 269 g/mol. The summed E-state index contributed by atoms with van der Waals surface area (Å²) in [6.45, 7) is 2.17. The summed E-state index contributed by atoms with van der Waals surface area (Å²) in [6, 6.07) is 9.54. The molecule has 0 saturated carbocycles. The van der Waals surface area contributed by atoms with Crippen LogP contribution in [0.5, 0.6) is 0 Å². The molecule has 0 fully saturated rings. The van der Waals surface area contributed by atoms with Gasteiger partial charge in [-0.05, 0) is 36.6 Å². The van der Waals surface area contributed by atoms with Crippen molar-refractivity contribution in [1.29, 1.82) is 0 Å². The molecule has 1 amide bonds. The molecule has 0 unspecified atom stereocenters. The number of hydrogen-bond acceptors (Lipinski definition) is 3. The van der Waals surface area contributed by atoms with Gasteiger partial charge >= 0.3 is 0 Å². The maximum atomic E-state index is 12.0. The van der Waals surface area contributed by atoms with Crippen LogP contribution in [-0.2, 0) is 6.42 Å². The van der Waals surface area contributed by atoms with Gasteiger partial charge in [0, 0.05) is 18.1 Å². The maximum Gasteiger partial charge on any atom is 0.257 e. The quantitative estimate of drug-likeness (QED) is 0.875. The number of unbranched alkanes of at least 4 members (excludes halogenated alkanes) is 1. The molecular weight excluding hydrogens is 250 g/mol. The first-order chi connectivity index (χ1) is 9.69. The van der Waals surface area contributed by atoms with Gasteiger partial charge in [-0.25, -0.2) is 0 Å². The van der Waals surface area contributed by atoms with Crippen molar-refractivity contribution in [2.24, 2.45) is 0 Å². The largest absolute Gasteiger partial charge is 0.397 e. The molecule has 0 spiro atoms. The lowest BCUT2D eigenvalue weighted by Gasteiger charge is -2.06. The van der Waals surface area contributed by atoms with Crippen molar-refractivity contribution >= 4 is 17.3 Å². The SMILES string of the molecule is CCCCc1ccc(NC(=O)c2cncc(N)c2)cc1. The number of carbonyl (C=O) groups excluding carboxylic acids is 1. The summed E-state index contributed by atoms with van der Waals surface area (Å²) in [5.74, 6) is -0.203. The number of hydrogen-bond donors (Lipinski definition) is 2. The topological polar surface area (TPSA) is 68.0 Å². The Kier molecular flexibility index (Phi) is 4.71. The first kappa shape index (κ1) is 14.1. The molecule has 1 aromatic heterocycles. The first-order valence-corrected chi connectivity index (χ1v) is 6.80. The summed E-state index contributed by atoms with van der Waals surface area (Å²) in [6.07, 6.45) is 6.45. The molecule has 0 radical (unpaired) electrons. The number of nitrogen functional groups attached to an aromatic ring is 1. The Morgan fingerprint density at radius 1 is 1.25 bits per heavy atom. The summed E-state index contributed by atoms with van der Waals surface area (Å²) >= 11 is 0. The van der Waals surface area contributed by atoms with Gasteiger partial charge in [-0.2, -0.15) is 0 Å². The highest BCUT2D eigenvalue weighted by Crippen LogP contribution is 2.13. The highest BCUT2D eigenvalue weighted by atomic mass is 16.1. The number of benzene rings is 1. The summed E-state index contributed by atoms with van der Waals surface area (Å²) < 4.78 is 0. The van der Waals surface area contributed by atoms with E-state index in [1.807, 2.05) is 24.3 Å². The van der Waals surface area contributed by atoms with Gasteiger partial charge in [0.05, 0.1) is 11.3 Å². The van der Waals surface area contributed by atoms with E-state index in [1.54, 1.807) is 6.07 Å². The number of nitrogens with two attached hydrogens (primary N) is 1. The number of nitrogens with one attached hydrogen (secondary N) is 1. The molecule has 0 aliphatic rings. The van der Waals surface area contributed by atoms with E-state index in [4.69, 9.17) is 5.73 Å². The van der Waals surface area contributed by atoms with Gasteiger partial charge in [0.25, 0.3) is 5.91 Å². The lowest BCUT2D eigenvalue weighted by molar-refractivity contribution is 0.102. The minimum Gasteiger partial charge on any atom is -0.397 e. The third kappa shape index (κ3) is 3.82. The second-order valence-electron chi connectivity index (χ2n) is 4.76.